The van der Waals surface area contributed by atoms with Gasteiger partial charge in [-0.2, -0.15) is 0 Å². The number of ether oxygens (including phenoxy) is 1. The third kappa shape index (κ3) is 4.07. The van der Waals surface area contributed by atoms with Gasteiger partial charge in [-0.1, -0.05) is 18.2 Å². The van der Waals surface area contributed by atoms with Gasteiger partial charge in [0, 0.05) is 11.3 Å². The number of nitrogens with two attached hydrogens (primary N) is 1. The molecule has 2 amide bonds. The molecular formula is C16H16N2O3. The highest BCUT2D eigenvalue weighted by Gasteiger charge is 2.14. The van der Waals surface area contributed by atoms with Crippen molar-refractivity contribution in [2.45, 2.75) is 13.0 Å². The SMILES string of the molecule is C[C@@H](Oc1ccc(C(N)=O)cc1)C(=O)Nc1ccccc1. The van der Waals surface area contributed by atoms with Gasteiger partial charge in [-0.25, -0.2) is 0 Å². The van der Waals surface area contributed by atoms with E-state index < -0.39 is 12.0 Å². The van der Waals surface area contributed by atoms with E-state index in [2.05, 4.69) is 5.32 Å². The Balaban J connectivity index is 1.95. The minimum atomic E-state index is -0.662. The van der Waals surface area contributed by atoms with Gasteiger partial charge >= 0.3 is 0 Å². The molecule has 2 aromatic carbocycles. The summed E-state index contributed by atoms with van der Waals surface area (Å²) in [7, 11) is 0. The molecule has 0 radical (unpaired) electrons. The van der Waals surface area contributed by atoms with Gasteiger partial charge in [-0.05, 0) is 43.3 Å². The maximum absolute atomic E-state index is 12.0. The first kappa shape index (κ1) is 14.6. The fourth-order valence-electron chi connectivity index (χ4n) is 1.72. The maximum Gasteiger partial charge on any atom is 0.265 e. The van der Waals surface area contributed by atoms with Crippen LogP contribution in [0.3, 0.4) is 0 Å². The number of carbonyl (C=O) groups excluding carboxylic acids is 2. The molecule has 0 saturated heterocycles. The summed E-state index contributed by atoms with van der Waals surface area (Å²) in [5.41, 5.74) is 6.26. The largest absolute Gasteiger partial charge is 0.481 e. The zero-order valence-electron chi connectivity index (χ0n) is 11.6. The Kier molecular flexibility index (Phi) is 4.56. The predicted molar refractivity (Wildman–Crippen MR) is 80.1 cm³/mol. The van der Waals surface area contributed by atoms with E-state index in [1.165, 1.54) is 0 Å². The first-order valence-corrected chi connectivity index (χ1v) is 6.48. The number of hydrogen-bond donors (Lipinski definition) is 2. The number of benzene rings is 2. The van der Waals surface area contributed by atoms with E-state index in [1.807, 2.05) is 18.2 Å². The molecule has 2 aromatic rings. The molecule has 0 fully saturated rings. The van der Waals surface area contributed by atoms with E-state index in [0.717, 1.165) is 0 Å². The zero-order valence-corrected chi connectivity index (χ0v) is 11.6. The van der Waals surface area contributed by atoms with E-state index in [1.54, 1.807) is 43.3 Å². The molecule has 0 aliphatic carbocycles. The van der Waals surface area contributed by atoms with Crippen molar-refractivity contribution in [2.24, 2.45) is 5.73 Å². The van der Waals surface area contributed by atoms with Crippen LogP contribution in [0.4, 0.5) is 5.69 Å². The zero-order chi connectivity index (χ0) is 15.2. The average molecular weight is 284 g/mol. The molecule has 108 valence electrons. The van der Waals surface area contributed by atoms with Crippen LogP contribution in [0, 0.1) is 0 Å². The molecule has 2 rings (SSSR count). The van der Waals surface area contributed by atoms with E-state index in [-0.39, 0.29) is 5.91 Å². The van der Waals surface area contributed by atoms with Crippen molar-refractivity contribution in [2.75, 3.05) is 5.32 Å². The van der Waals surface area contributed by atoms with Crippen molar-refractivity contribution in [3.05, 3.63) is 60.2 Å². The number of rotatable bonds is 5. The van der Waals surface area contributed by atoms with Crippen LogP contribution in [0.25, 0.3) is 0 Å². The molecule has 3 N–H and O–H groups in total. The Morgan fingerprint density at radius 2 is 1.67 bits per heavy atom. The number of amides is 2. The number of hydrogen-bond acceptors (Lipinski definition) is 3. The molecule has 0 spiro atoms. The smallest absolute Gasteiger partial charge is 0.265 e. The van der Waals surface area contributed by atoms with Crippen molar-refractivity contribution < 1.29 is 14.3 Å². The van der Waals surface area contributed by atoms with E-state index >= 15 is 0 Å². The first-order valence-electron chi connectivity index (χ1n) is 6.48. The molecule has 1 atom stereocenters. The van der Waals surface area contributed by atoms with Crippen LogP contribution in [-0.2, 0) is 4.79 Å². The van der Waals surface area contributed by atoms with Crippen molar-refractivity contribution in [1.82, 2.24) is 0 Å². The van der Waals surface area contributed by atoms with Crippen LogP contribution in [0.1, 0.15) is 17.3 Å². The lowest BCUT2D eigenvalue weighted by molar-refractivity contribution is -0.122. The fraction of sp³-hybridized carbons (Fsp3) is 0.125. The number of para-hydroxylation sites is 1. The molecule has 5 heteroatoms. The molecular weight excluding hydrogens is 268 g/mol. The first-order chi connectivity index (χ1) is 10.1. The minimum absolute atomic E-state index is 0.250. The molecule has 0 bridgehead atoms. The molecule has 0 aromatic heterocycles. The van der Waals surface area contributed by atoms with Crippen molar-refractivity contribution in [1.29, 1.82) is 0 Å². The summed E-state index contributed by atoms with van der Waals surface area (Å²) in [5.74, 6) is -0.257. The molecule has 5 nitrogen and oxygen atoms in total. The summed E-state index contributed by atoms with van der Waals surface area (Å²) >= 11 is 0. The average Bonchev–Trinajstić information content (AvgIpc) is 2.48. The van der Waals surface area contributed by atoms with Crippen molar-refractivity contribution in [3.8, 4) is 5.75 Å². The lowest BCUT2D eigenvalue weighted by Gasteiger charge is -2.14. The van der Waals surface area contributed by atoms with Gasteiger partial charge in [0.1, 0.15) is 5.75 Å². The van der Waals surface area contributed by atoms with Crippen molar-refractivity contribution in [3.63, 3.8) is 0 Å². The Labute approximate surface area is 122 Å². The predicted octanol–water partition coefficient (Wildman–Crippen LogP) is 2.19. The second-order valence-corrected chi connectivity index (χ2v) is 4.50. The van der Waals surface area contributed by atoms with Gasteiger partial charge < -0.3 is 15.8 Å². The van der Waals surface area contributed by atoms with E-state index in [9.17, 15) is 9.59 Å². The molecule has 0 unspecified atom stereocenters. The summed E-state index contributed by atoms with van der Waals surface area (Å²) in [6.07, 6.45) is -0.662. The van der Waals surface area contributed by atoms with Gasteiger partial charge in [0.15, 0.2) is 6.10 Å². The third-order valence-electron chi connectivity index (χ3n) is 2.86. The van der Waals surface area contributed by atoms with Crippen LogP contribution in [0.5, 0.6) is 5.75 Å². The molecule has 0 saturated carbocycles. The quantitative estimate of drug-likeness (QED) is 0.883. The lowest BCUT2D eigenvalue weighted by Crippen LogP contribution is -2.30. The number of nitrogens with one attached hydrogen (secondary N) is 1. The summed E-state index contributed by atoms with van der Waals surface area (Å²) in [5, 5.41) is 2.75. The standard InChI is InChI=1S/C16H16N2O3/c1-11(16(20)18-13-5-3-2-4-6-13)21-14-9-7-12(8-10-14)15(17)19/h2-11H,1H3,(H2,17,19)(H,18,20)/t11-/m1/s1. The van der Waals surface area contributed by atoms with Crippen LogP contribution in [-0.4, -0.2) is 17.9 Å². The van der Waals surface area contributed by atoms with Crippen LogP contribution >= 0.6 is 0 Å². The Morgan fingerprint density at radius 1 is 1.05 bits per heavy atom. The second kappa shape index (κ2) is 6.56. The topological polar surface area (TPSA) is 81.4 Å². The summed E-state index contributed by atoms with van der Waals surface area (Å²) in [6.45, 7) is 1.65. The summed E-state index contributed by atoms with van der Waals surface area (Å²) in [6, 6.07) is 15.5. The number of primary amides is 1. The second-order valence-electron chi connectivity index (χ2n) is 4.50. The summed E-state index contributed by atoms with van der Waals surface area (Å²) in [4.78, 5) is 22.9. The summed E-state index contributed by atoms with van der Waals surface area (Å²) < 4.78 is 5.52. The maximum atomic E-state index is 12.0. The monoisotopic (exact) mass is 284 g/mol. The van der Waals surface area contributed by atoms with Crippen LogP contribution < -0.4 is 15.8 Å². The molecule has 21 heavy (non-hydrogen) atoms. The molecule has 0 aliphatic rings. The normalized spacial score (nSPS) is 11.5. The van der Waals surface area contributed by atoms with Gasteiger partial charge in [-0.15, -0.1) is 0 Å². The van der Waals surface area contributed by atoms with E-state index in [4.69, 9.17) is 10.5 Å². The fourth-order valence-corrected chi connectivity index (χ4v) is 1.72. The molecule has 0 aliphatic heterocycles. The Morgan fingerprint density at radius 3 is 2.24 bits per heavy atom. The molecule has 0 heterocycles. The number of anilines is 1. The van der Waals surface area contributed by atoms with Gasteiger partial charge in [0.25, 0.3) is 5.91 Å². The Bertz CT molecular complexity index is 624. The minimum Gasteiger partial charge on any atom is -0.481 e. The highest BCUT2D eigenvalue weighted by Crippen LogP contribution is 2.14. The lowest BCUT2D eigenvalue weighted by atomic mass is 10.2. The highest BCUT2D eigenvalue weighted by atomic mass is 16.5. The van der Waals surface area contributed by atoms with Gasteiger partial charge in [0.2, 0.25) is 5.91 Å². The van der Waals surface area contributed by atoms with Crippen LogP contribution in [0.15, 0.2) is 54.6 Å². The highest BCUT2D eigenvalue weighted by molar-refractivity contribution is 5.94. The Hall–Kier alpha value is -2.82. The van der Waals surface area contributed by atoms with Crippen molar-refractivity contribution >= 4 is 17.5 Å². The van der Waals surface area contributed by atoms with Gasteiger partial charge in [-0.3, -0.25) is 9.59 Å². The number of carbonyl (C=O) groups is 2. The third-order valence-corrected chi connectivity index (χ3v) is 2.86. The van der Waals surface area contributed by atoms with E-state index in [0.29, 0.717) is 17.0 Å². The van der Waals surface area contributed by atoms with Gasteiger partial charge in [0.05, 0.1) is 0 Å². The van der Waals surface area contributed by atoms with Crippen LogP contribution in [0.2, 0.25) is 0 Å².